The number of hydrogen-bond acceptors (Lipinski definition) is 2. The molecule has 1 aromatic carbocycles. The third-order valence-corrected chi connectivity index (χ3v) is 3.45. The first-order valence-electron chi connectivity index (χ1n) is 6.91. The molecule has 0 aliphatic carbocycles. The lowest BCUT2D eigenvalue weighted by Crippen LogP contribution is -2.32. The van der Waals surface area contributed by atoms with Gasteiger partial charge in [0.25, 0.3) is 0 Å². The van der Waals surface area contributed by atoms with Crippen molar-refractivity contribution in [2.75, 3.05) is 27.2 Å². The molecule has 0 amide bonds. The summed E-state index contributed by atoms with van der Waals surface area (Å²) in [6, 6.07) is 5.09. The molecular formula is C16H28N2. The number of benzene rings is 1. The van der Waals surface area contributed by atoms with Crippen molar-refractivity contribution < 1.29 is 0 Å². The van der Waals surface area contributed by atoms with E-state index in [0.717, 1.165) is 13.1 Å². The van der Waals surface area contributed by atoms with Gasteiger partial charge in [0.1, 0.15) is 0 Å². The van der Waals surface area contributed by atoms with Crippen molar-refractivity contribution >= 4 is 0 Å². The van der Waals surface area contributed by atoms with Crippen molar-refractivity contribution in [2.24, 2.45) is 0 Å². The summed E-state index contributed by atoms with van der Waals surface area (Å²) in [6.45, 7) is 10.9. The highest BCUT2D eigenvalue weighted by atomic mass is 15.1. The molecule has 0 aliphatic heterocycles. The lowest BCUT2D eigenvalue weighted by atomic mass is 9.95. The first kappa shape index (κ1) is 15.2. The fraction of sp³-hybridized carbons (Fsp3) is 0.625. The number of rotatable bonds is 6. The summed E-state index contributed by atoms with van der Waals surface area (Å²) in [5.41, 5.74) is 5.61. The maximum atomic E-state index is 3.66. The molecule has 2 heteroatoms. The minimum Gasteiger partial charge on any atom is -0.309 e. The van der Waals surface area contributed by atoms with Crippen LogP contribution in [-0.2, 0) is 0 Å². The van der Waals surface area contributed by atoms with Crippen LogP contribution >= 0.6 is 0 Å². The van der Waals surface area contributed by atoms with E-state index in [4.69, 9.17) is 0 Å². The Bertz CT molecular complexity index is 383. The van der Waals surface area contributed by atoms with E-state index in [1.54, 1.807) is 0 Å². The Balaban J connectivity index is 2.99. The van der Waals surface area contributed by atoms with Crippen LogP contribution < -0.4 is 5.32 Å². The van der Waals surface area contributed by atoms with Gasteiger partial charge in [0.2, 0.25) is 0 Å². The zero-order valence-corrected chi connectivity index (χ0v) is 12.8. The highest BCUT2D eigenvalue weighted by molar-refractivity contribution is 5.38. The molecule has 102 valence electrons. The van der Waals surface area contributed by atoms with E-state index in [9.17, 15) is 0 Å². The maximum absolute atomic E-state index is 3.66. The first-order valence-corrected chi connectivity index (χ1v) is 6.91. The predicted octanol–water partition coefficient (Wildman–Crippen LogP) is 3.21. The van der Waals surface area contributed by atoms with Crippen LogP contribution in [0.1, 0.15) is 41.6 Å². The Labute approximate surface area is 112 Å². The van der Waals surface area contributed by atoms with Crippen LogP contribution in [0.15, 0.2) is 12.1 Å². The van der Waals surface area contributed by atoms with E-state index in [-0.39, 0.29) is 0 Å². The SMILES string of the molecule is CCCNC(CN(C)C)c1cc(C)c(C)cc1C. The van der Waals surface area contributed by atoms with Crippen LogP contribution in [0, 0.1) is 20.8 Å². The van der Waals surface area contributed by atoms with Gasteiger partial charge in [-0.2, -0.15) is 0 Å². The van der Waals surface area contributed by atoms with Gasteiger partial charge in [-0.3, -0.25) is 0 Å². The monoisotopic (exact) mass is 248 g/mol. The lowest BCUT2D eigenvalue weighted by Gasteiger charge is -2.25. The third-order valence-electron chi connectivity index (χ3n) is 3.45. The molecule has 0 heterocycles. The second-order valence-corrected chi connectivity index (χ2v) is 5.56. The molecule has 1 aromatic rings. The summed E-state index contributed by atoms with van der Waals surface area (Å²) in [5.74, 6) is 0. The smallest absolute Gasteiger partial charge is 0.0451 e. The Hall–Kier alpha value is -0.860. The molecule has 0 radical (unpaired) electrons. The van der Waals surface area contributed by atoms with Crippen LogP contribution in [0.5, 0.6) is 0 Å². The van der Waals surface area contributed by atoms with Gasteiger partial charge in [-0.05, 0) is 70.1 Å². The summed E-state index contributed by atoms with van der Waals surface area (Å²) in [5, 5.41) is 3.66. The zero-order valence-electron chi connectivity index (χ0n) is 12.8. The summed E-state index contributed by atoms with van der Waals surface area (Å²) >= 11 is 0. The van der Waals surface area contributed by atoms with Crippen LogP contribution in [0.2, 0.25) is 0 Å². The molecule has 0 aliphatic rings. The minimum absolute atomic E-state index is 0.430. The molecule has 18 heavy (non-hydrogen) atoms. The molecule has 0 fully saturated rings. The highest BCUT2D eigenvalue weighted by Crippen LogP contribution is 2.22. The summed E-state index contributed by atoms with van der Waals surface area (Å²) < 4.78 is 0. The average molecular weight is 248 g/mol. The van der Waals surface area contributed by atoms with Crippen molar-refractivity contribution in [3.05, 3.63) is 34.4 Å². The number of nitrogens with one attached hydrogen (secondary N) is 1. The van der Waals surface area contributed by atoms with E-state index in [2.05, 4.69) is 64.1 Å². The lowest BCUT2D eigenvalue weighted by molar-refractivity contribution is 0.341. The summed E-state index contributed by atoms with van der Waals surface area (Å²) in [6.07, 6.45) is 1.17. The maximum Gasteiger partial charge on any atom is 0.0451 e. The van der Waals surface area contributed by atoms with Crippen LogP contribution in [0.3, 0.4) is 0 Å². The second-order valence-electron chi connectivity index (χ2n) is 5.56. The van der Waals surface area contributed by atoms with Gasteiger partial charge in [-0.1, -0.05) is 19.1 Å². The Morgan fingerprint density at radius 3 is 2.22 bits per heavy atom. The van der Waals surface area contributed by atoms with E-state index in [1.165, 1.54) is 28.7 Å². The normalized spacial score (nSPS) is 13.1. The van der Waals surface area contributed by atoms with E-state index >= 15 is 0 Å². The molecule has 0 bridgehead atoms. The van der Waals surface area contributed by atoms with Crippen LogP contribution in [0.25, 0.3) is 0 Å². The number of aryl methyl sites for hydroxylation is 3. The van der Waals surface area contributed by atoms with Gasteiger partial charge < -0.3 is 10.2 Å². The van der Waals surface area contributed by atoms with Gasteiger partial charge in [0.05, 0.1) is 0 Å². The second kappa shape index (κ2) is 6.91. The fourth-order valence-corrected chi connectivity index (χ4v) is 2.31. The first-order chi connectivity index (χ1) is 8.45. The van der Waals surface area contributed by atoms with E-state index in [1.807, 2.05) is 0 Å². The molecule has 1 rings (SSSR count). The summed E-state index contributed by atoms with van der Waals surface area (Å²) in [4.78, 5) is 2.25. The van der Waals surface area contributed by atoms with Gasteiger partial charge in [-0.25, -0.2) is 0 Å². The van der Waals surface area contributed by atoms with Crippen LogP contribution in [0.4, 0.5) is 0 Å². The Morgan fingerprint density at radius 2 is 1.67 bits per heavy atom. The highest BCUT2D eigenvalue weighted by Gasteiger charge is 2.14. The van der Waals surface area contributed by atoms with Crippen molar-refractivity contribution in [1.29, 1.82) is 0 Å². The molecule has 1 atom stereocenters. The minimum atomic E-state index is 0.430. The molecule has 0 saturated heterocycles. The molecule has 0 spiro atoms. The van der Waals surface area contributed by atoms with Crippen molar-refractivity contribution in [3.8, 4) is 0 Å². The number of likely N-dealkylation sites (N-methyl/N-ethyl adjacent to an activating group) is 1. The zero-order chi connectivity index (χ0) is 13.7. The van der Waals surface area contributed by atoms with Gasteiger partial charge in [-0.15, -0.1) is 0 Å². The average Bonchev–Trinajstić information content (AvgIpc) is 2.29. The Morgan fingerprint density at radius 1 is 1.06 bits per heavy atom. The van der Waals surface area contributed by atoms with Gasteiger partial charge in [0, 0.05) is 12.6 Å². The standard InChI is InChI=1S/C16H28N2/c1-7-8-17-16(11-18(5)6)15-10-13(3)12(2)9-14(15)4/h9-10,16-17H,7-8,11H2,1-6H3. The molecular weight excluding hydrogens is 220 g/mol. The molecule has 0 aromatic heterocycles. The molecule has 2 nitrogen and oxygen atoms in total. The summed E-state index contributed by atoms with van der Waals surface area (Å²) in [7, 11) is 4.27. The van der Waals surface area contributed by atoms with Gasteiger partial charge >= 0.3 is 0 Å². The van der Waals surface area contributed by atoms with Crippen molar-refractivity contribution in [1.82, 2.24) is 10.2 Å². The van der Waals surface area contributed by atoms with Gasteiger partial charge in [0.15, 0.2) is 0 Å². The van der Waals surface area contributed by atoms with Crippen molar-refractivity contribution in [2.45, 2.75) is 40.2 Å². The number of hydrogen-bond donors (Lipinski definition) is 1. The molecule has 1 N–H and O–H groups in total. The topological polar surface area (TPSA) is 15.3 Å². The van der Waals surface area contributed by atoms with E-state index < -0.39 is 0 Å². The Kier molecular flexibility index (Phi) is 5.83. The van der Waals surface area contributed by atoms with E-state index in [0.29, 0.717) is 6.04 Å². The molecule has 0 saturated carbocycles. The fourth-order valence-electron chi connectivity index (χ4n) is 2.31. The molecule has 1 unspecified atom stereocenters. The number of nitrogens with zero attached hydrogens (tertiary/aromatic N) is 1. The van der Waals surface area contributed by atoms with Crippen LogP contribution in [-0.4, -0.2) is 32.1 Å². The quantitative estimate of drug-likeness (QED) is 0.831. The largest absolute Gasteiger partial charge is 0.309 e. The van der Waals surface area contributed by atoms with Crippen molar-refractivity contribution in [3.63, 3.8) is 0 Å². The third kappa shape index (κ3) is 4.11. The predicted molar refractivity (Wildman–Crippen MR) is 80.2 cm³/mol.